The van der Waals surface area contributed by atoms with Gasteiger partial charge < -0.3 is 10.6 Å². The van der Waals surface area contributed by atoms with Crippen LogP contribution in [-0.2, 0) is 0 Å². The van der Waals surface area contributed by atoms with Crippen molar-refractivity contribution in [2.45, 2.75) is 44.6 Å². The zero-order chi connectivity index (χ0) is 14.2. The van der Waals surface area contributed by atoms with E-state index in [2.05, 4.69) is 27.2 Å². The molecule has 1 aliphatic carbocycles. The molecule has 0 radical (unpaired) electrons. The van der Waals surface area contributed by atoms with Crippen LogP contribution in [0.15, 0.2) is 25.0 Å². The molecule has 2 rings (SSSR count). The van der Waals surface area contributed by atoms with Gasteiger partial charge in [-0.1, -0.05) is 31.8 Å². The average Bonchev–Trinajstić information content (AvgIpc) is 2.74. The van der Waals surface area contributed by atoms with Gasteiger partial charge in [0.1, 0.15) is 11.5 Å². The molecule has 1 aromatic heterocycles. The molecule has 1 aromatic rings. The fourth-order valence-electron chi connectivity index (χ4n) is 2.40. The highest BCUT2D eigenvalue weighted by Gasteiger charge is 2.16. The molecule has 108 valence electrons. The molecule has 0 bridgehead atoms. The van der Waals surface area contributed by atoms with Crippen LogP contribution < -0.4 is 10.6 Å². The van der Waals surface area contributed by atoms with Crippen molar-refractivity contribution >= 4 is 11.7 Å². The fourth-order valence-corrected chi connectivity index (χ4v) is 2.40. The quantitative estimate of drug-likeness (QED) is 0.639. The molecule has 0 aromatic carbocycles. The van der Waals surface area contributed by atoms with Crippen molar-refractivity contribution < 1.29 is 4.79 Å². The molecule has 20 heavy (non-hydrogen) atoms. The summed E-state index contributed by atoms with van der Waals surface area (Å²) < 4.78 is 0. The first-order valence-corrected chi connectivity index (χ1v) is 7.27. The van der Waals surface area contributed by atoms with Crippen molar-refractivity contribution in [3.05, 3.63) is 30.7 Å². The lowest BCUT2D eigenvalue weighted by Crippen LogP contribution is -2.34. The summed E-state index contributed by atoms with van der Waals surface area (Å²) in [6, 6.07) is 0.283. The van der Waals surface area contributed by atoms with Crippen LogP contribution in [0.25, 0.3) is 0 Å². The second-order valence-corrected chi connectivity index (χ2v) is 5.12. The molecule has 1 saturated carbocycles. The largest absolute Gasteiger partial charge is 0.365 e. The third kappa shape index (κ3) is 4.33. The molecule has 1 heterocycles. The van der Waals surface area contributed by atoms with Gasteiger partial charge in [0.05, 0.1) is 12.4 Å². The maximum absolute atomic E-state index is 12.1. The van der Waals surface area contributed by atoms with Crippen molar-refractivity contribution in [1.82, 2.24) is 15.3 Å². The minimum absolute atomic E-state index is 0.125. The summed E-state index contributed by atoms with van der Waals surface area (Å²) in [4.78, 5) is 20.4. The summed E-state index contributed by atoms with van der Waals surface area (Å²) in [7, 11) is 0. The minimum atomic E-state index is -0.125. The molecular weight excluding hydrogens is 252 g/mol. The van der Waals surface area contributed by atoms with Crippen LogP contribution in [0.4, 0.5) is 5.82 Å². The van der Waals surface area contributed by atoms with Crippen LogP contribution >= 0.6 is 0 Å². The summed E-state index contributed by atoms with van der Waals surface area (Å²) >= 11 is 0. The number of amides is 1. The Labute approximate surface area is 119 Å². The van der Waals surface area contributed by atoms with Crippen LogP contribution in [-0.4, -0.2) is 28.5 Å². The first-order valence-electron chi connectivity index (χ1n) is 7.27. The molecule has 1 amide bonds. The SMILES string of the molecule is C=CCNc1cnc(C(=O)NC2CCCCCC2)cn1. The minimum Gasteiger partial charge on any atom is -0.365 e. The third-order valence-electron chi connectivity index (χ3n) is 3.50. The number of anilines is 1. The van der Waals surface area contributed by atoms with Gasteiger partial charge in [-0.3, -0.25) is 4.79 Å². The molecule has 0 aliphatic heterocycles. The standard InChI is InChI=1S/C15H22N4O/c1-2-9-16-14-11-17-13(10-18-14)15(20)19-12-7-5-3-4-6-8-12/h2,10-12H,1,3-9H2,(H,16,18)(H,19,20). The Kier molecular flexibility index (Phi) is 5.53. The first kappa shape index (κ1) is 14.5. The topological polar surface area (TPSA) is 66.9 Å². The van der Waals surface area contributed by atoms with E-state index in [4.69, 9.17) is 0 Å². The van der Waals surface area contributed by atoms with E-state index < -0.39 is 0 Å². The van der Waals surface area contributed by atoms with Gasteiger partial charge in [-0.2, -0.15) is 0 Å². The van der Waals surface area contributed by atoms with Crippen LogP contribution in [0.3, 0.4) is 0 Å². The van der Waals surface area contributed by atoms with Crippen molar-refractivity contribution in [3.63, 3.8) is 0 Å². The van der Waals surface area contributed by atoms with Gasteiger partial charge in [-0.25, -0.2) is 9.97 Å². The van der Waals surface area contributed by atoms with Crippen molar-refractivity contribution in [2.75, 3.05) is 11.9 Å². The van der Waals surface area contributed by atoms with Crippen molar-refractivity contribution in [2.24, 2.45) is 0 Å². The highest BCUT2D eigenvalue weighted by molar-refractivity contribution is 5.92. The summed E-state index contributed by atoms with van der Waals surface area (Å²) in [5.74, 6) is 0.524. The normalized spacial score (nSPS) is 16.2. The highest BCUT2D eigenvalue weighted by Crippen LogP contribution is 2.17. The first-order chi connectivity index (χ1) is 9.79. The van der Waals surface area contributed by atoms with E-state index >= 15 is 0 Å². The number of hydrogen-bond acceptors (Lipinski definition) is 4. The molecule has 0 saturated heterocycles. The van der Waals surface area contributed by atoms with E-state index in [0.717, 1.165) is 12.8 Å². The lowest BCUT2D eigenvalue weighted by Gasteiger charge is -2.15. The molecule has 0 spiro atoms. The zero-order valence-corrected chi connectivity index (χ0v) is 11.8. The second-order valence-electron chi connectivity index (χ2n) is 5.12. The van der Waals surface area contributed by atoms with E-state index in [1.807, 2.05) is 0 Å². The Morgan fingerprint density at radius 1 is 1.25 bits per heavy atom. The number of carbonyl (C=O) groups is 1. The zero-order valence-electron chi connectivity index (χ0n) is 11.8. The van der Waals surface area contributed by atoms with Crippen LogP contribution in [0, 0.1) is 0 Å². The van der Waals surface area contributed by atoms with Gasteiger partial charge in [0.25, 0.3) is 5.91 Å². The molecule has 5 nitrogen and oxygen atoms in total. The fraction of sp³-hybridized carbons (Fsp3) is 0.533. The molecule has 0 unspecified atom stereocenters. The Morgan fingerprint density at radius 3 is 2.60 bits per heavy atom. The van der Waals surface area contributed by atoms with E-state index in [-0.39, 0.29) is 11.9 Å². The summed E-state index contributed by atoms with van der Waals surface area (Å²) in [5.41, 5.74) is 0.374. The second kappa shape index (κ2) is 7.62. The molecule has 5 heteroatoms. The van der Waals surface area contributed by atoms with Gasteiger partial charge in [0.2, 0.25) is 0 Å². The number of carbonyl (C=O) groups excluding carboxylic acids is 1. The van der Waals surface area contributed by atoms with Crippen LogP contribution in [0.5, 0.6) is 0 Å². The summed E-state index contributed by atoms with van der Waals surface area (Å²) in [5, 5.41) is 6.09. The Bertz CT molecular complexity index is 436. The molecule has 1 aliphatic rings. The summed E-state index contributed by atoms with van der Waals surface area (Å²) in [6.07, 6.45) is 11.9. The average molecular weight is 274 g/mol. The molecular formula is C15H22N4O. The predicted molar refractivity (Wildman–Crippen MR) is 79.7 cm³/mol. The lowest BCUT2D eigenvalue weighted by molar-refractivity contribution is 0.0928. The number of nitrogens with zero attached hydrogens (tertiary/aromatic N) is 2. The van der Waals surface area contributed by atoms with E-state index in [1.54, 1.807) is 12.3 Å². The van der Waals surface area contributed by atoms with Crippen molar-refractivity contribution in [3.8, 4) is 0 Å². The smallest absolute Gasteiger partial charge is 0.271 e. The number of hydrogen-bond donors (Lipinski definition) is 2. The maximum atomic E-state index is 12.1. The molecule has 2 N–H and O–H groups in total. The van der Waals surface area contributed by atoms with E-state index in [1.165, 1.54) is 31.9 Å². The highest BCUT2D eigenvalue weighted by atomic mass is 16.1. The number of nitrogens with one attached hydrogen (secondary N) is 2. The van der Waals surface area contributed by atoms with Crippen LogP contribution in [0.1, 0.15) is 49.0 Å². The third-order valence-corrected chi connectivity index (χ3v) is 3.50. The number of aromatic nitrogens is 2. The number of rotatable bonds is 5. The van der Waals surface area contributed by atoms with Gasteiger partial charge >= 0.3 is 0 Å². The Morgan fingerprint density at radius 2 is 2.00 bits per heavy atom. The van der Waals surface area contributed by atoms with Crippen molar-refractivity contribution in [1.29, 1.82) is 0 Å². The molecule has 1 fully saturated rings. The van der Waals surface area contributed by atoms with E-state index in [9.17, 15) is 4.79 Å². The van der Waals surface area contributed by atoms with Gasteiger partial charge in [-0.15, -0.1) is 6.58 Å². The van der Waals surface area contributed by atoms with E-state index in [0.29, 0.717) is 18.1 Å². The predicted octanol–water partition coefficient (Wildman–Crippen LogP) is 2.53. The van der Waals surface area contributed by atoms with Gasteiger partial charge in [-0.05, 0) is 12.8 Å². The Balaban J connectivity index is 1.89. The monoisotopic (exact) mass is 274 g/mol. The van der Waals surface area contributed by atoms with Gasteiger partial charge in [0, 0.05) is 12.6 Å². The Hall–Kier alpha value is -1.91. The van der Waals surface area contributed by atoms with Gasteiger partial charge in [0.15, 0.2) is 0 Å². The maximum Gasteiger partial charge on any atom is 0.271 e. The molecule has 0 atom stereocenters. The summed E-state index contributed by atoms with van der Waals surface area (Å²) in [6.45, 7) is 4.25. The van der Waals surface area contributed by atoms with Crippen LogP contribution in [0.2, 0.25) is 0 Å². The lowest BCUT2D eigenvalue weighted by atomic mass is 10.1.